The number of carbonyl (C=O) groups is 1. The molecule has 0 aliphatic carbocycles. The highest BCUT2D eigenvalue weighted by atomic mass is 16.5. The summed E-state index contributed by atoms with van der Waals surface area (Å²) >= 11 is 0. The van der Waals surface area contributed by atoms with Crippen molar-refractivity contribution in [3.05, 3.63) is 136 Å². The molecule has 0 spiro atoms. The zero-order valence-corrected chi connectivity index (χ0v) is 25.4. The highest BCUT2D eigenvalue weighted by molar-refractivity contribution is 5.98. The molecule has 0 saturated heterocycles. The zero-order valence-electron chi connectivity index (χ0n) is 25.4. The Labute approximate surface area is 265 Å². The van der Waals surface area contributed by atoms with Crippen LogP contribution < -0.4 is 19.8 Å². The van der Waals surface area contributed by atoms with Crippen LogP contribution in [0.5, 0.6) is 23.1 Å². The molecular weight excluding hydrogens is 580 g/mol. The fourth-order valence-electron chi connectivity index (χ4n) is 5.93. The summed E-state index contributed by atoms with van der Waals surface area (Å²) in [6.45, 7) is 1.10. The van der Waals surface area contributed by atoms with Gasteiger partial charge in [-0.25, -0.2) is 14.6 Å². The van der Waals surface area contributed by atoms with Crippen molar-refractivity contribution >= 4 is 16.7 Å². The quantitative estimate of drug-likeness (QED) is 0.158. The summed E-state index contributed by atoms with van der Waals surface area (Å²) in [4.78, 5) is 36.0. The second kappa shape index (κ2) is 12.7. The Kier molecular flexibility index (Phi) is 8.03. The molecule has 0 saturated carbocycles. The lowest BCUT2D eigenvalue weighted by Gasteiger charge is -2.19. The second-order valence-electron chi connectivity index (χ2n) is 11.2. The minimum atomic E-state index is -0.257. The van der Waals surface area contributed by atoms with E-state index in [1.54, 1.807) is 30.0 Å². The van der Waals surface area contributed by atoms with Gasteiger partial charge in [0.1, 0.15) is 24.2 Å². The van der Waals surface area contributed by atoms with E-state index in [-0.39, 0.29) is 23.3 Å². The molecule has 46 heavy (non-hydrogen) atoms. The number of hydrogen-bond acceptors (Lipinski definition) is 7. The number of nitrogens with zero attached hydrogens (tertiary/aromatic N) is 4. The van der Waals surface area contributed by atoms with Crippen molar-refractivity contribution in [2.75, 3.05) is 7.11 Å². The highest BCUT2D eigenvalue weighted by Crippen LogP contribution is 2.36. The number of aromatic nitrogens is 4. The van der Waals surface area contributed by atoms with Gasteiger partial charge in [-0.3, -0.25) is 14.3 Å². The van der Waals surface area contributed by atoms with E-state index in [0.29, 0.717) is 53.6 Å². The summed E-state index contributed by atoms with van der Waals surface area (Å²) in [5.74, 6) is 1.84. The largest absolute Gasteiger partial charge is 0.493 e. The molecule has 7 rings (SSSR count). The molecule has 6 aromatic rings. The first kappa shape index (κ1) is 29.0. The van der Waals surface area contributed by atoms with Crippen molar-refractivity contribution in [1.29, 1.82) is 0 Å². The maximum Gasteiger partial charge on any atom is 0.282 e. The van der Waals surface area contributed by atoms with E-state index in [4.69, 9.17) is 14.2 Å². The van der Waals surface area contributed by atoms with Crippen molar-refractivity contribution in [2.45, 2.75) is 38.8 Å². The molecule has 0 radical (unpaired) electrons. The lowest BCUT2D eigenvalue weighted by atomic mass is 9.99. The van der Waals surface area contributed by atoms with Gasteiger partial charge in [0.05, 0.1) is 29.4 Å². The fraction of sp³-hybridized carbons (Fsp3) is 0.189. The normalized spacial score (nSPS) is 12.5. The standard InChI is InChI=1S/C37H32N4O5/c1-44-33-21-29-30(22-34(33)45-23-26-10-4-2-5-11-26)38-24-39-36(29)46-28-17-15-25(16-18-28)20-32(42)35-31-14-8-9-19-40(31)41(37(35)43)27-12-6-3-7-13-27/h2-7,10-13,15-18,21-22,24H,8-9,14,19-20,23H2,1H3. The number of fused-ring (bicyclic) bond motifs is 2. The molecular formula is C37H32N4O5. The average molecular weight is 613 g/mol. The van der Waals surface area contributed by atoms with Crippen LogP contribution in [0, 0.1) is 0 Å². The summed E-state index contributed by atoms with van der Waals surface area (Å²) in [7, 11) is 1.59. The van der Waals surface area contributed by atoms with Gasteiger partial charge in [0.15, 0.2) is 17.3 Å². The van der Waals surface area contributed by atoms with E-state index in [1.165, 1.54) is 6.33 Å². The topological polar surface area (TPSA) is 97.5 Å². The van der Waals surface area contributed by atoms with Crippen LogP contribution in [-0.2, 0) is 26.0 Å². The molecule has 0 fully saturated rings. The molecule has 9 nitrogen and oxygen atoms in total. The minimum Gasteiger partial charge on any atom is -0.493 e. The third-order valence-corrected chi connectivity index (χ3v) is 8.18. The molecule has 0 amide bonds. The maximum atomic E-state index is 13.6. The van der Waals surface area contributed by atoms with Crippen molar-refractivity contribution < 1.29 is 19.0 Å². The molecule has 3 heterocycles. The van der Waals surface area contributed by atoms with Crippen molar-refractivity contribution in [3.63, 3.8) is 0 Å². The Hall–Kier alpha value is -5.70. The molecule has 9 heteroatoms. The van der Waals surface area contributed by atoms with Crippen molar-refractivity contribution in [2.24, 2.45) is 0 Å². The smallest absolute Gasteiger partial charge is 0.282 e. The Morgan fingerprint density at radius 3 is 2.37 bits per heavy atom. The van der Waals surface area contributed by atoms with Gasteiger partial charge in [0.25, 0.3) is 5.56 Å². The van der Waals surface area contributed by atoms with Gasteiger partial charge in [0, 0.05) is 19.0 Å². The summed E-state index contributed by atoms with van der Waals surface area (Å²) in [5, 5.41) is 0.666. The number of methoxy groups -OCH3 is 1. The first-order chi connectivity index (χ1) is 22.6. The van der Waals surface area contributed by atoms with E-state index >= 15 is 0 Å². The Morgan fingerprint density at radius 2 is 1.61 bits per heavy atom. The maximum absolute atomic E-state index is 13.6. The number of rotatable bonds is 10. The van der Waals surface area contributed by atoms with Crippen LogP contribution in [0.15, 0.2) is 108 Å². The summed E-state index contributed by atoms with van der Waals surface area (Å²) < 4.78 is 21.4. The lowest BCUT2D eigenvalue weighted by molar-refractivity contribution is 0.0990. The van der Waals surface area contributed by atoms with Crippen LogP contribution in [0.3, 0.4) is 0 Å². The molecule has 230 valence electrons. The molecule has 4 aromatic carbocycles. The predicted molar refractivity (Wildman–Crippen MR) is 174 cm³/mol. The van der Waals surface area contributed by atoms with Gasteiger partial charge in [-0.2, -0.15) is 0 Å². The minimum absolute atomic E-state index is 0.112. The predicted octanol–water partition coefficient (Wildman–Crippen LogP) is 6.72. The Morgan fingerprint density at radius 1 is 0.848 bits per heavy atom. The van der Waals surface area contributed by atoms with Crippen molar-refractivity contribution in [3.8, 4) is 28.8 Å². The van der Waals surface area contributed by atoms with Gasteiger partial charge >= 0.3 is 0 Å². The molecule has 1 aliphatic heterocycles. The fourth-order valence-corrected chi connectivity index (χ4v) is 5.93. The second-order valence-corrected chi connectivity index (χ2v) is 11.2. The monoisotopic (exact) mass is 612 g/mol. The van der Waals surface area contributed by atoms with E-state index in [9.17, 15) is 9.59 Å². The van der Waals surface area contributed by atoms with Gasteiger partial charge in [-0.15, -0.1) is 0 Å². The highest BCUT2D eigenvalue weighted by Gasteiger charge is 2.27. The van der Waals surface area contributed by atoms with E-state index in [1.807, 2.05) is 83.5 Å². The number of Topliss-reactive ketones (excluding diaryl/α,β-unsaturated/α-hetero) is 1. The summed E-state index contributed by atoms with van der Waals surface area (Å²) in [5.41, 5.74) is 4.09. The number of benzene rings is 4. The number of hydrogen-bond donors (Lipinski definition) is 0. The van der Waals surface area contributed by atoms with Gasteiger partial charge in [0.2, 0.25) is 5.88 Å². The van der Waals surface area contributed by atoms with Crippen LogP contribution in [0.2, 0.25) is 0 Å². The van der Waals surface area contributed by atoms with Crippen LogP contribution in [-0.4, -0.2) is 32.2 Å². The Balaban J connectivity index is 1.10. The third-order valence-electron chi connectivity index (χ3n) is 8.18. The Bertz CT molecular complexity index is 2070. The first-order valence-electron chi connectivity index (χ1n) is 15.3. The number of ether oxygens (including phenoxy) is 3. The summed E-state index contributed by atoms with van der Waals surface area (Å²) in [6, 6.07) is 30.3. The van der Waals surface area contributed by atoms with E-state index in [2.05, 4.69) is 9.97 Å². The van der Waals surface area contributed by atoms with Crippen LogP contribution in [0.1, 0.15) is 40.0 Å². The zero-order chi connectivity index (χ0) is 31.5. The number of para-hydroxylation sites is 1. The van der Waals surface area contributed by atoms with Gasteiger partial charge in [-0.05, 0) is 60.7 Å². The first-order valence-corrected chi connectivity index (χ1v) is 15.3. The molecule has 0 atom stereocenters. The van der Waals surface area contributed by atoms with Gasteiger partial charge < -0.3 is 14.2 Å². The number of ketones is 1. The molecule has 1 aliphatic rings. The molecule has 0 unspecified atom stereocenters. The average Bonchev–Trinajstić information content (AvgIpc) is 3.40. The van der Waals surface area contributed by atoms with Crippen LogP contribution >= 0.6 is 0 Å². The molecule has 2 aromatic heterocycles. The van der Waals surface area contributed by atoms with Crippen LogP contribution in [0.4, 0.5) is 0 Å². The molecule has 0 N–H and O–H groups in total. The number of carbonyl (C=O) groups excluding carboxylic acids is 1. The van der Waals surface area contributed by atoms with Crippen LogP contribution in [0.25, 0.3) is 16.6 Å². The van der Waals surface area contributed by atoms with Gasteiger partial charge in [-0.1, -0.05) is 60.7 Å². The third kappa shape index (κ3) is 5.75. The molecule has 0 bridgehead atoms. The van der Waals surface area contributed by atoms with Crippen molar-refractivity contribution in [1.82, 2.24) is 19.3 Å². The SMILES string of the molecule is COc1cc2c(Oc3ccc(CC(=O)c4c5n(n(-c6ccccc6)c4=O)CCCC5)cc3)ncnc2cc1OCc1ccccc1. The summed E-state index contributed by atoms with van der Waals surface area (Å²) in [6.07, 6.45) is 4.19. The van der Waals surface area contributed by atoms with E-state index < -0.39 is 0 Å². The lowest BCUT2D eigenvalue weighted by Crippen LogP contribution is -2.24. The van der Waals surface area contributed by atoms with E-state index in [0.717, 1.165) is 35.3 Å².